The average molecular weight is 356 g/mol. The third kappa shape index (κ3) is 3.32. The Morgan fingerprint density at radius 1 is 1.15 bits per heavy atom. The van der Waals surface area contributed by atoms with Crippen LogP contribution in [0.5, 0.6) is 5.75 Å². The van der Waals surface area contributed by atoms with E-state index in [-0.39, 0.29) is 10.6 Å². The predicted octanol–water partition coefficient (Wildman–Crippen LogP) is 3.17. The molecule has 0 aliphatic heterocycles. The van der Waals surface area contributed by atoms with Crippen LogP contribution in [0.15, 0.2) is 51.8 Å². The average Bonchev–Trinajstić information content (AvgIpc) is 2.40. The topological polar surface area (TPSA) is 66.4 Å². The number of benzene rings is 2. The van der Waals surface area contributed by atoms with E-state index in [1.807, 2.05) is 6.07 Å². The van der Waals surface area contributed by atoms with E-state index in [2.05, 4.69) is 21.2 Å². The van der Waals surface area contributed by atoms with E-state index in [9.17, 15) is 13.5 Å². The van der Waals surface area contributed by atoms with Gasteiger partial charge >= 0.3 is 0 Å². The number of para-hydroxylation sites is 2. The van der Waals surface area contributed by atoms with Crippen LogP contribution < -0.4 is 5.32 Å². The highest BCUT2D eigenvalue weighted by atomic mass is 79.9. The van der Waals surface area contributed by atoms with Gasteiger partial charge in [-0.3, -0.25) is 0 Å². The molecule has 0 saturated heterocycles. The fourth-order valence-electron chi connectivity index (χ4n) is 1.83. The number of phenols is 1. The molecule has 2 N–H and O–H groups in total. The molecule has 0 saturated carbocycles. The summed E-state index contributed by atoms with van der Waals surface area (Å²) in [5.41, 5.74) is 1.21. The van der Waals surface area contributed by atoms with Crippen LogP contribution in [0.3, 0.4) is 0 Å². The lowest BCUT2D eigenvalue weighted by atomic mass is 10.2. The van der Waals surface area contributed by atoms with Gasteiger partial charge in [0.2, 0.25) is 0 Å². The molecule has 0 fully saturated rings. The van der Waals surface area contributed by atoms with Crippen LogP contribution in [0.2, 0.25) is 0 Å². The summed E-state index contributed by atoms with van der Waals surface area (Å²) in [6.45, 7) is 0.331. The van der Waals surface area contributed by atoms with Crippen molar-refractivity contribution < 1.29 is 13.5 Å². The summed E-state index contributed by atoms with van der Waals surface area (Å²) in [4.78, 5) is 0.245. The second kappa shape index (κ2) is 5.85. The summed E-state index contributed by atoms with van der Waals surface area (Å²) >= 11 is 3.24. The van der Waals surface area contributed by atoms with E-state index < -0.39 is 9.84 Å². The van der Waals surface area contributed by atoms with Crippen LogP contribution in [0.4, 0.5) is 5.69 Å². The van der Waals surface area contributed by atoms with Gasteiger partial charge in [-0.1, -0.05) is 24.3 Å². The minimum absolute atomic E-state index is 0.150. The zero-order valence-corrected chi connectivity index (χ0v) is 13.2. The van der Waals surface area contributed by atoms with Gasteiger partial charge in [0.1, 0.15) is 5.75 Å². The molecular formula is C14H14BrNO3S. The van der Waals surface area contributed by atoms with Crippen molar-refractivity contribution in [1.82, 2.24) is 0 Å². The molecule has 0 heterocycles. The zero-order chi connectivity index (χ0) is 14.8. The maximum absolute atomic E-state index is 11.7. The molecule has 0 radical (unpaired) electrons. The molecule has 6 heteroatoms. The van der Waals surface area contributed by atoms with Crippen molar-refractivity contribution >= 4 is 31.5 Å². The lowest BCUT2D eigenvalue weighted by Crippen LogP contribution is -2.06. The maximum atomic E-state index is 11.7. The summed E-state index contributed by atoms with van der Waals surface area (Å²) in [6, 6.07) is 12.0. The molecule has 20 heavy (non-hydrogen) atoms. The Kier molecular flexibility index (Phi) is 4.35. The minimum atomic E-state index is -3.29. The molecule has 2 rings (SSSR count). The first kappa shape index (κ1) is 14.9. The highest BCUT2D eigenvalue weighted by Crippen LogP contribution is 2.28. The first-order valence-corrected chi connectivity index (χ1v) is 8.57. The molecule has 0 unspecified atom stereocenters. The number of phenolic OH excluding ortho intramolecular Hbond substituents is 1. The largest absolute Gasteiger partial charge is 0.506 e. The SMILES string of the molecule is CS(=O)(=O)c1ccccc1NCc1cccc(Br)c1O. The standard InChI is InChI=1S/C14H14BrNO3S/c1-20(18,19)13-8-3-2-7-12(13)16-9-10-5-4-6-11(15)14(10)17/h2-8,16-17H,9H2,1H3. The van der Waals surface area contributed by atoms with Gasteiger partial charge in [-0.25, -0.2) is 8.42 Å². The third-order valence-electron chi connectivity index (χ3n) is 2.83. The molecule has 0 spiro atoms. The van der Waals surface area contributed by atoms with E-state index >= 15 is 0 Å². The van der Waals surface area contributed by atoms with Crippen molar-refractivity contribution in [3.8, 4) is 5.75 Å². The Hall–Kier alpha value is -1.53. The molecule has 0 aromatic heterocycles. The predicted molar refractivity (Wildman–Crippen MR) is 82.7 cm³/mol. The molecule has 0 aliphatic rings. The Morgan fingerprint density at radius 3 is 2.55 bits per heavy atom. The Balaban J connectivity index is 2.26. The molecule has 0 bridgehead atoms. The van der Waals surface area contributed by atoms with Crippen molar-refractivity contribution in [3.63, 3.8) is 0 Å². The summed E-state index contributed by atoms with van der Waals surface area (Å²) in [5.74, 6) is 0.150. The first-order chi connectivity index (χ1) is 9.39. The first-order valence-electron chi connectivity index (χ1n) is 5.89. The molecule has 4 nitrogen and oxygen atoms in total. The molecule has 0 atom stereocenters. The molecule has 2 aromatic carbocycles. The maximum Gasteiger partial charge on any atom is 0.177 e. The van der Waals surface area contributed by atoms with Crippen LogP contribution in [-0.4, -0.2) is 19.8 Å². The number of hydrogen-bond donors (Lipinski definition) is 2. The number of aromatic hydroxyl groups is 1. The van der Waals surface area contributed by atoms with Crippen LogP contribution >= 0.6 is 15.9 Å². The monoisotopic (exact) mass is 355 g/mol. The summed E-state index contributed by atoms with van der Waals surface area (Å²) in [6.07, 6.45) is 1.17. The van der Waals surface area contributed by atoms with Gasteiger partial charge < -0.3 is 10.4 Å². The lowest BCUT2D eigenvalue weighted by molar-refractivity contribution is 0.465. The van der Waals surface area contributed by atoms with Crippen LogP contribution in [0, 0.1) is 0 Å². The van der Waals surface area contributed by atoms with Gasteiger partial charge in [0.25, 0.3) is 0 Å². The quantitative estimate of drug-likeness (QED) is 0.883. The third-order valence-corrected chi connectivity index (χ3v) is 4.62. The molecule has 106 valence electrons. The van der Waals surface area contributed by atoms with Gasteiger partial charge in [0.15, 0.2) is 9.84 Å². The zero-order valence-electron chi connectivity index (χ0n) is 10.8. The number of rotatable bonds is 4. The fraction of sp³-hybridized carbons (Fsp3) is 0.143. The van der Waals surface area contributed by atoms with E-state index in [0.717, 1.165) is 0 Å². The lowest BCUT2D eigenvalue weighted by Gasteiger charge is -2.12. The highest BCUT2D eigenvalue weighted by molar-refractivity contribution is 9.10. The Bertz CT molecular complexity index is 729. The van der Waals surface area contributed by atoms with E-state index in [0.29, 0.717) is 22.3 Å². The van der Waals surface area contributed by atoms with Crippen molar-refractivity contribution in [2.75, 3.05) is 11.6 Å². The van der Waals surface area contributed by atoms with Crippen molar-refractivity contribution in [2.45, 2.75) is 11.4 Å². The van der Waals surface area contributed by atoms with Gasteiger partial charge in [-0.15, -0.1) is 0 Å². The van der Waals surface area contributed by atoms with Crippen molar-refractivity contribution in [3.05, 3.63) is 52.5 Å². The van der Waals surface area contributed by atoms with Crippen molar-refractivity contribution in [2.24, 2.45) is 0 Å². The molecule has 0 amide bonds. The number of hydrogen-bond acceptors (Lipinski definition) is 4. The Labute approximate surface area is 126 Å². The second-order valence-corrected chi connectivity index (χ2v) is 7.21. The molecular weight excluding hydrogens is 342 g/mol. The number of anilines is 1. The fourth-order valence-corrected chi connectivity index (χ4v) is 3.10. The summed E-state index contributed by atoms with van der Waals surface area (Å²) in [7, 11) is -3.29. The highest BCUT2D eigenvalue weighted by Gasteiger charge is 2.12. The van der Waals surface area contributed by atoms with Gasteiger partial charge in [-0.2, -0.15) is 0 Å². The van der Waals surface area contributed by atoms with Gasteiger partial charge in [-0.05, 0) is 34.1 Å². The van der Waals surface area contributed by atoms with Crippen LogP contribution in [-0.2, 0) is 16.4 Å². The number of sulfone groups is 1. The summed E-state index contributed by atoms with van der Waals surface area (Å²) < 4.78 is 24.0. The summed E-state index contributed by atoms with van der Waals surface area (Å²) in [5, 5.41) is 12.9. The number of nitrogens with one attached hydrogen (secondary N) is 1. The van der Waals surface area contributed by atoms with Crippen molar-refractivity contribution in [1.29, 1.82) is 0 Å². The smallest absolute Gasteiger partial charge is 0.177 e. The van der Waals surface area contributed by atoms with Crippen LogP contribution in [0.25, 0.3) is 0 Å². The van der Waals surface area contributed by atoms with E-state index in [4.69, 9.17) is 0 Å². The normalized spacial score (nSPS) is 11.3. The molecule has 0 aliphatic carbocycles. The van der Waals surface area contributed by atoms with Gasteiger partial charge in [0.05, 0.1) is 15.1 Å². The minimum Gasteiger partial charge on any atom is -0.506 e. The number of halogens is 1. The van der Waals surface area contributed by atoms with E-state index in [1.165, 1.54) is 6.26 Å². The van der Waals surface area contributed by atoms with Crippen LogP contribution in [0.1, 0.15) is 5.56 Å². The molecule has 2 aromatic rings. The second-order valence-electron chi connectivity index (χ2n) is 4.37. The Morgan fingerprint density at radius 2 is 1.85 bits per heavy atom. The van der Waals surface area contributed by atoms with E-state index in [1.54, 1.807) is 36.4 Å². The van der Waals surface area contributed by atoms with Gasteiger partial charge in [0, 0.05) is 18.4 Å².